The first kappa shape index (κ1) is 18.0. The molecule has 0 spiro atoms. The highest BCUT2D eigenvalue weighted by molar-refractivity contribution is 7.09. The van der Waals surface area contributed by atoms with Crippen molar-refractivity contribution in [2.45, 2.75) is 26.5 Å². The Morgan fingerprint density at radius 2 is 2.12 bits per heavy atom. The maximum absolute atomic E-state index is 13.5. The quantitative estimate of drug-likeness (QED) is 0.691. The van der Waals surface area contributed by atoms with Crippen LogP contribution in [-0.2, 0) is 24.4 Å². The maximum Gasteiger partial charge on any atom is 0.226 e. The summed E-state index contributed by atoms with van der Waals surface area (Å²) in [4.78, 5) is 20.6. The Morgan fingerprint density at radius 1 is 1.27 bits per heavy atom. The SMILES string of the molecule is Cc1ccc(OCc2nc(CC(=O)NCc3ccccc3F)cs2)cn1. The smallest absolute Gasteiger partial charge is 0.226 e. The van der Waals surface area contributed by atoms with Gasteiger partial charge in [-0.1, -0.05) is 18.2 Å². The summed E-state index contributed by atoms with van der Waals surface area (Å²) in [5.74, 6) is 0.148. The minimum absolute atomic E-state index is 0.150. The van der Waals surface area contributed by atoms with E-state index in [9.17, 15) is 9.18 Å². The molecule has 2 aromatic heterocycles. The van der Waals surface area contributed by atoms with E-state index < -0.39 is 0 Å². The number of hydrogen-bond acceptors (Lipinski definition) is 5. The number of thiazole rings is 1. The van der Waals surface area contributed by atoms with Gasteiger partial charge in [-0.05, 0) is 25.1 Å². The molecule has 0 aliphatic rings. The molecule has 0 fully saturated rings. The Balaban J connectivity index is 1.47. The predicted molar refractivity (Wildman–Crippen MR) is 97.4 cm³/mol. The number of amides is 1. The van der Waals surface area contributed by atoms with Crippen LogP contribution in [0.15, 0.2) is 48.0 Å². The minimum Gasteiger partial charge on any atom is -0.485 e. The van der Waals surface area contributed by atoms with Gasteiger partial charge in [-0.25, -0.2) is 9.37 Å². The summed E-state index contributed by atoms with van der Waals surface area (Å²) in [5, 5.41) is 5.32. The molecule has 1 aromatic carbocycles. The van der Waals surface area contributed by atoms with Crippen molar-refractivity contribution in [2.24, 2.45) is 0 Å². The second-order valence-corrected chi connectivity index (χ2v) is 6.64. The Labute approximate surface area is 154 Å². The van der Waals surface area contributed by atoms with Gasteiger partial charge in [0.15, 0.2) is 0 Å². The number of carbonyl (C=O) groups is 1. The molecular formula is C19H18FN3O2S. The molecule has 1 N–H and O–H groups in total. The molecule has 2 heterocycles. The first-order valence-corrected chi connectivity index (χ1v) is 8.97. The number of nitrogens with zero attached hydrogens (tertiary/aromatic N) is 2. The van der Waals surface area contributed by atoms with E-state index in [0.29, 0.717) is 23.6 Å². The normalized spacial score (nSPS) is 10.5. The number of aryl methyl sites for hydroxylation is 1. The third-order valence-corrected chi connectivity index (χ3v) is 4.49. The largest absolute Gasteiger partial charge is 0.485 e. The van der Waals surface area contributed by atoms with Crippen LogP contribution in [0.5, 0.6) is 5.75 Å². The number of halogens is 1. The Kier molecular flexibility index (Phi) is 5.91. The van der Waals surface area contributed by atoms with E-state index in [4.69, 9.17) is 4.74 Å². The maximum atomic E-state index is 13.5. The van der Waals surface area contributed by atoms with Crippen LogP contribution in [0.2, 0.25) is 0 Å². The molecule has 134 valence electrons. The number of nitrogens with one attached hydrogen (secondary N) is 1. The predicted octanol–water partition coefficient (Wildman–Crippen LogP) is 3.42. The fourth-order valence-electron chi connectivity index (χ4n) is 2.24. The first-order chi connectivity index (χ1) is 12.6. The first-order valence-electron chi connectivity index (χ1n) is 8.09. The fourth-order valence-corrected chi connectivity index (χ4v) is 2.95. The van der Waals surface area contributed by atoms with E-state index in [1.807, 2.05) is 24.4 Å². The van der Waals surface area contributed by atoms with Gasteiger partial charge in [-0.15, -0.1) is 11.3 Å². The van der Waals surface area contributed by atoms with Crippen molar-refractivity contribution in [1.29, 1.82) is 0 Å². The van der Waals surface area contributed by atoms with Gasteiger partial charge in [0.25, 0.3) is 0 Å². The number of pyridine rings is 1. The van der Waals surface area contributed by atoms with Crippen LogP contribution in [0.3, 0.4) is 0 Å². The molecule has 0 aliphatic heterocycles. The van der Waals surface area contributed by atoms with Gasteiger partial charge >= 0.3 is 0 Å². The van der Waals surface area contributed by atoms with Crippen molar-refractivity contribution in [3.63, 3.8) is 0 Å². The molecule has 0 saturated carbocycles. The number of aromatic nitrogens is 2. The lowest BCUT2D eigenvalue weighted by molar-refractivity contribution is -0.120. The Hall–Kier alpha value is -2.80. The zero-order valence-electron chi connectivity index (χ0n) is 14.2. The highest BCUT2D eigenvalue weighted by Gasteiger charge is 2.09. The summed E-state index contributed by atoms with van der Waals surface area (Å²) in [6.07, 6.45) is 1.82. The van der Waals surface area contributed by atoms with Gasteiger partial charge in [0, 0.05) is 23.2 Å². The molecule has 1 amide bonds. The third-order valence-electron chi connectivity index (χ3n) is 3.62. The van der Waals surface area contributed by atoms with E-state index in [1.54, 1.807) is 24.4 Å². The third kappa shape index (κ3) is 5.10. The lowest BCUT2D eigenvalue weighted by Crippen LogP contribution is -2.25. The van der Waals surface area contributed by atoms with Gasteiger partial charge in [0.05, 0.1) is 18.3 Å². The summed E-state index contributed by atoms with van der Waals surface area (Å²) in [7, 11) is 0. The van der Waals surface area contributed by atoms with Gasteiger partial charge < -0.3 is 10.1 Å². The lowest BCUT2D eigenvalue weighted by atomic mass is 10.2. The molecule has 0 radical (unpaired) electrons. The van der Waals surface area contributed by atoms with E-state index in [1.165, 1.54) is 17.4 Å². The van der Waals surface area contributed by atoms with Crippen molar-refractivity contribution in [3.8, 4) is 5.75 Å². The molecule has 3 aromatic rings. The molecule has 0 bridgehead atoms. The average molecular weight is 371 g/mol. The summed E-state index contributed by atoms with van der Waals surface area (Å²) >= 11 is 1.43. The van der Waals surface area contributed by atoms with Gasteiger partial charge in [-0.3, -0.25) is 9.78 Å². The molecule has 0 aliphatic carbocycles. The Morgan fingerprint density at radius 3 is 2.88 bits per heavy atom. The summed E-state index contributed by atoms with van der Waals surface area (Å²) in [6.45, 7) is 2.40. The topological polar surface area (TPSA) is 64.1 Å². The van der Waals surface area contributed by atoms with Gasteiger partial charge in [0.1, 0.15) is 23.2 Å². The summed E-state index contributed by atoms with van der Waals surface area (Å²) in [6, 6.07) is 10.1. The monoisotopic (exact) mass is 371 g/mol. The molecule has 26 heavy (non-hydrogen) atoms. The van der Waals surface area contributed by atoms with Crippen LogP contribution in [-0.4, -0.2) is 15.9 Å². The molecule has 7 heteroatoms. The van der Waals surface area contributed by atoms with Crippen LogP contribution in [0.4, 0.5) is 4.39 Å². The number of benzene rings is 1. The van der Waals surface area contributed by atoms with E-state index in [-0.39, 0.29) is 24.7 Å². The van der Waals surface area contributed by atoms with E-state index in [2.05, 4.69) is 15.3 Å². The second-order valence-electron chi connectivity index (χ2n) is 5.70. The molecule has 3 rings (SSSR count). The average Bonchev–Trinajstić information content (AvgIpc) is 3.08. The fraction of sp³-hybridized carbons (Fsp3) is 0.211. The minimum atomic E-state index is -0.327. The highest BCUT2D eigenvalue weighted by Crippen LogP contribution is 2.15. The van der Waals surface area contributed by atoms with Crippen LogP contribution < -0.4 is 10.1 Å². The van der Waals surface area contributed by atoms with Crippen molar-refractivity contribution in [2.75, 3.05) is 0 Å². The molecule has 5 nitrogen and oxygen atoms in total. The van der Waals surface area contributed by atoms with Gasteiger partial charge in [0.2, 0.25) is 5.91 Å². The van der Waals surface area contributed by atoms with Crippen LogP contribution in [0.1, 0.15) is 22.0 Å². The van der Waals surface area contributed by atoms with Crippen LogP contribution >= 0.6 is 11.3 Å². The second kappa shape index (κ2) is 8.53. The number of carbonyl (C=O) groups excluding carboxylic acids is 1. The summed E-state index contributed by atoms with van der Waals surface area (Å²) in [5.41, 5.74) is 2.05. The number of hydrogen-bond donors (Lipinski definition) is 1. The zero-order chi connectivity index (χ0) is 18.4. The number of ether oxygens (including phenoxy) is 1. The van der Waals surface area contributed by atoms with Crippen molar-refractivity contribution in [1.82, 2.24) is 15.3 Å². The van der Waals surface area contributed by atoms with E-state index in [0.717, 1.165) is 10.7 Å². The van der Waals surface area contributed by atoms with Crippen LogP contribution in [0, 0.1) is 12.7 Å². The highest BCUT2D eigenvalue weighted by atomic mass is 32.1. The van der Waals surface area contributed by atoms with Gasteiger partial charge in [-0.2, -0.15) is 0 Å². The molecular weight excluding hydrogens is 353 g/mol. The lowest BCUT2D eigenvalue weighted by Gasteiger charge is -2.05. The van der Waals surface area contributed by atoms with E-state index >= 15 is 0 Å². The van der Waals surface area contributed by atoms with Crippen LogP contribution in [0.25, 0.3) is 0 Å². The van der Waals surface area contributed by atoms with Crippen molar-refractivity contribution >= 4 is 17.2 Å². The molecule has 0 saturated heterocycles. The Bertz CT molecular complexity index is 881. The molecule has 0 unspecified atom stereocenters. The van der Waals surface area contributed by atoms with Crippen molar-refractivity contribution in [3.05, 3.63) is 75.8 Å². The summed E-state index contributed by atoms with van der Waals surface area (Å²) < 4.78 is 19.2. The standard InChI is InChI=1S/C19H18FN3O2S/c1-13-6-7-16(10-21-13)25-11-19-23-15(12-26-19)8-18(24)22-9-14-4-2-3-5-17(14)20/h2-7,10,12H,8-9,11H2,1H3,(H,22,24). The molecule has 0 atom stereocenters. The zero-order valence-corrected chi connectivity index (χ0v) is 15.1. The number of rotatable bonds is 7. The van der Waals surface area contributed by atoms with Crippen molar-refractivity contribution < 1.29 is 13.9 Å².